The van der Waals surface area contributed by atoms with Crippen molar-refractivity contribution >= 4 is 39.9 Å². The number of hydrogen-bond acceptors (Lipinski definition) is 11. The molecule has 2 aromatic heterocycles. The highest BCUT2D eigenvalue weighted by molar-refractivity contribution is 5.91. The van der Waals surface area contributed by atoms with Crippen LogP contribution in [0.4, 0.5) is 11.8 Å². The molecule has 0 unspecified atom stereocenters. The zero-order valence-electron chi connectivity index (χ0n) is 18.1. The number of nitrogen functional groups attached to an aromatic ring is 1. The van der Waals surface area contributed by atoms with Gasteiger partial charge in [-0.15, -0.1) is 0 Å². The Labute approximate surface area is 193 Å². The number of aliphatic hydroxyl groups is 3. The van der Waals surface area contributed by atoms with Crippen LogP contribution in [0.5, 0.6) is 5.75 Å². The zero-order valence-corrected chi connectivity index (χ0v) is 18.1. The Morgan fingerprint density at radius 3 is 2.74 bits per heavy atom. The van der Waals surface area contributed by atoms with Gasteiger partial charge in [0.15, 0.2) is 17.7 Å². The van der Waals surface area contributed by atoms with Crippen molar-refractivity contribution in [3.8, 4) is 5.75 Å². The van der Waals surface area contributed by atoms with Gasteiger partial charge in [0.05, 0.1) is 26.3 Å². The van der Waals surface area contributed by atoms with Crippen molar-refractivity contribution in [2.75, 3.05) is 24.9 Å². The highest BCUT2D eigenvalue weighted by Gasteiger charge is 2.44. The van der Waals surface area contributed by atoms with Gasteiger partial charge in [0.2, 0.25) is 5.95 Å². The molecule has 12 nitrogen and oxygen atoms in total. The second-order valence-corrected chi connectivity index (χ2v) is 7.83. The van der Waals surface area contributed by atoms with E-state index in [1.807, 2.05) is 36.4 Å². The van der Waals surface area contributed by atoms with Crippen LogP contribution in [0.15, 0.2) is 47.8 Å². The van der Waals surface area contributed by atoms with Crippen LogP contribution in [-0.4, -0.2) is 73.1 Å². The predicted octanol–water partition coefficient (Wildman–Crippen LogP) is 0.628. The second kappa shape index (κ2) is 8.83. The highest BCUT2D eigenvalue weighted by Crippen LogP contribution is 2.32. The number of nitrogens with one attached hydrogen (secondary N) is 1. The molecular weight excluding hydrogens is 442 g/mol. The van der Waals surface area contributed by atoms with Gasteiger partial charge in [0.1, 0.15) is 29.6 Å². The highest BCUT2D eigenvalue weighted by atomic mass is 16.6. The molecule has 0 spiro atoms. The van der Waals surface area contributed by atoms with E-state index in [1.165, 1.54) is 10.9 Å². The Hall–Kier alpha value is -3.84. The van der Waals surface area contributed by atoms with Crippen LogP contribution in [0, 0.1) is 0 Å². The van der Waals surface area contributed by atoms with Gasteiger partial charge >= 0.3 is 0 Å². The Kier molecular flexibility index (Phi) is 5.71. The SMILES string of the molecule is COc1ccc2cc(/C=N/Nc3nc(N)c4ncn([C@@H]5O[C@H](CO)[C@@H](O)[C@H]5O)c4n3)ccc2c1. The third-order valence-corrected chi connectivity index (χ3v) is 5.69. The smallest absolute Gasteiger partial charge is 0.247 e. The Balaban J connectivity index is 1.39. The Morgan fingerprint density at radius 1 is 1.18 bits per heavy atom. The first-order chi connectivity index (χ1) is 16.5. The van der Waals surface area contributed by atoms with Crippen LogP contribution in [-0.2, 0) is 4.74 Å². The van der Waals surface area contributed by atoms with Gasteiger partial charge in [-0.05, 0) is 34.5 Å². The average molecular weight is 465 g/mol. The molecule has 4 atom stereocenters. The average Bonchev–Trinajstić information content (AvgIpc) is 3.39. The van der Waals surface area contributed by atoms with Crippen LogP contribution in [0.2, 0.25) is 0 Å². The summed E-state index contributed by atoms with van der Waals surface area (Å²) in [5, 5.41) is 36.0. The number of hydrogen-bond donors (Lipinski definition) is 5. The molecule has 0 saturated carbocycles. The van der Waals surface area contributed by atoms with Crippen molar-refractivity contribution in [2.24, 2.45) is 5.10 Å². The van der Waals surface area contributed by atoms with Crippen molar-refractivity contribution in [1.29, 1.82) is 0 Å². The minimum atomic E-state index is -1.28. The van der Waals surface area contributed by atoms with Gasteiger partial charge in [-0.25, -0.2) is 10.4 Å². The summed E-state index contributed by atoms with van der Waals surface area (Å²) < 4.78 is 12.3. The van der Waals surface area contributed by atoms with E-state index < -0.39 is 31.1 Å². The molecule has 176 valence electrons. The molecule has 1 fully saturated rings. The first-order valence-electron chi connectivity index (χ1n) is 10.5. The molecule has 0 amide bonds. The number of anilines is 2. The lowest BCUT2D eigenvalue weighted by atomic mass is 10.1. The van der Waals surface area contributed by atoms with E-state index in [-0.39, 0.29) is 17.4 Å². The molecule has 0 radical (unpaired) electrons. The lowest BCUT2D eigenvalue weighted by Gasteiger charge is -2.16. The van der Waals surface area contributed by atoms with Crippen LogP contribution in [0.3, 0.4) is 0 Å². The van der Waals surface area contributed by atoms with Crippen LogP contribution in [0.1, 0.15) is 11.8 Å². The summed E-state index contributed by atoms with van der Waals surface area (Å²) in [4.78, 5) is 12.7. The summed E-state index contributed by atoms with van der Waals surface area (Å²) in [6.07, 6.45) is -1.46. The monoisotopic (exact) mass is 465 g/mol. The van der Waals surface area contributed by atoms with Gasteiger partial charge in [-0.3, -0.25) is 4.57 Å². The molecule has 0 bridgehead atoms. The van der Waals surface area contributed by atoms with Gasteiger partial charge in [-0.1, -0.05) is 18.2 Å². The number of nitrogens with two attached hydrogens (primary N) is 1. The Bertz CT molecular complexity index is 1370. The van der Waals surface area contributed by atoms with E-state index in [1.54, 1.807) is 13.3 Å². The maximum absolute atomic E-state index is 10.3. The van der Waals surface area contributed by atoms with Crippen molar-refractivity contribution in [3.05, 3.63) is 48.3 Å². The molecule has 34 heavy (non-hydrogen) atoms. The lowest BCUT2D eigenvalue weighted by molar-refractivity contribution is -0.0511. The third-order valence-electron chi connectivity index (χ3n) is 5.69. The zero-order chi connectivity index (χ0) is 23.8. The summed E-state index contributed by atoms with van der Waals surface area (Å²) >= 11 is 0. The number of hydrazone groups is 1. The molecule has 1 aliphatic heterocycles. The lowest BCUT2D eigenvalue weighted by Crippen LogP contribution is -2.33. The standard InChI is InChI=1S/C22H23N7O5/c1-33-14-5-4-12-6-11(2-3-13(12)7-14)8-25-28-22-26-19(23)16-20(27-22)29(10-24-16)21-18(32)17(31)15(9-30)34-21/h2-8,10,15,17-18,21,30-32H,9H2,1H3,(H3,23,26,27,28)/b25-8+/t15-,17-,18-,21-/m1/s1. The van der Waals surface area contributed by atoms with E-state index in [4.69, 9.17) is 15.2 Å². The number of rotatable bonds is 6. The fraction of sp³-hybridized carbons (Fsp3) is 0.273. The van der Waals surface area contributed by atoms with Gasteiger partial charge in [0.25, 0.3) is 0 Å². The number of fused-ring (bicyclic) bond motifs is 2. The third kappa shape index (κ3) is 3.88. The maximum Gasteiger partial charge on any atom is 0.247 e. The molecule has 6 N–H and O–H groups in total. The molecule has 2 aromatic carbocycles. The summed E-state index contributed by atoms with van der Waals surface area (Å²) in [6, 6.07) is 11.7. The molecular formula is C22H23N7O5. The van der Waals surface area contributed by atoms with Crippen LogP contribution in [0.25, 0.3) is 21.9 Å². The molecule has 1 aliphatic rings. The minimum Gasteiger partial charge on any atom is -0.497 e. The van der Waals surface area contributed by atoms with Crippen molar-refractivity contribution in [3.63, 3.8) is 0 Å². The van der Waals surface area contributed by atoms with Crippen molar-refractivity contribution in [1.82, 2.24) is 19.5 Å². The number of aliphatic hydroxyl groups excluding tert-OH is 3. The topological polar surface area (TPSA) is 173 Å². The number of aromatic nitrogens is 4. The minimum absolute atomic E-state index is 0.104. The van der Waals surface area contributed by atoms with Crippen LogP contribution >= 0.6 is 0 Å². The maximum atomic E-state index is 10.3. The van der Waals surface area contributed by atoms with E-state index in [0.29, 0.717) is 5.52 Å². The van der Waals surface area contributed by atoms with Gasteiger partial charge in [-0.2, -0.15) is 15.1 Å². The number of methoxy groups -OCH3 is 1. The van der Waals surface area contributed by atoms with Crippen molar-refractivity contribution in [2.45, 2.75) is 24.5 Å². The molecule has 0 aliphatic carbocycles. The van der Waals surface area contributed by atoms with Crippen LogP contribution < -0.4 is 15.9 Å². The fourth-order valence-corrected chi connectivity index (χ4v) is 3.90. The largest absolute Gasteiger partial charge is 0.497 e. The van der Waals surface area contributed by atoms with E-state index >= 15 is 0 Å². The first-order valence-corrected chi connectivity index (χ1v) is 10.5. The number of imidazole rings is 1. The molecule has 1 saturated heterocycles. The molecule has 12 heteroatoms. The second-order valence-electron chi connectivity index (χ2n) is 7.83. The van der Waals surface area contributed by atoms with E-state index in [0.717, 1.165) is 22.1 Å². The fourth-order valence-electron chi connectivity index (χ4n) is 3.90. The van der Waals surface area contributed by atoms with Gasteiger partial charge in [0, 0.05) is 0 Å². The Morgan fingerprint density at radius 2 is 1.97 bits per heavy atom. The first kappa shape index (κ1) is 22.0. The van der Waals surface area contributed by atoms with E-state index in [2.05, 4.69) is 25.5 Å². The molecule has 3 heterocycles. The summed E-state index contributed by atoms with van der Waals surface area (Å²) in [5.41, 5.74) is 10.2. The van der Waals surface area contributed by atoms with E-state index in [9.17, 15) is 15.3 Å². The van der Waals surface area contributed by atoms with Gasteiger partial charge < -0.3 is 30.5 Å². The number of benzene rings is 2. The number of nitrogens with zero attached hydrogens (tertiary/aromatic N) is 5. The predicted molar refractivity (Wildman–Crippen MR) is 124 cm³/mol. The summed E-state index contributed by atoms with van der Waals surface area (Å²) in [5.74, 6) is 1.00. The molecule has 5 rings (SSSR count). The quantitative estimate of drug-likeness (QED) is 0.201. The summed E-state index contributed by atoms with van der Waals surface area (Å²) in [6.45, 7) is -0.442. The number of ether oxygens (including phenoxy) is 2. The van der Waals surface area contributed by atoms with Crippen molar-refractivity contribution < 1.29 is 24.8 Å². The normalized spacial score (nSPS) is 22.7. The molecule has 4 aromatic rings. The summed E-state index contributed by atoms with van der Waals surface area (Å²) in [7, 11) is 1.63.